The van der Waals surface area contributed by atoms with E-state index in [2.05, 4.69) is 15.1 Å². The summed E-state index contributed by atoms with van der Waals surface area (Å²) in [5.41, 5.74) is 0. The van der Waals surface area contributed by atoms with Gasteiger partial charge in [0, 0.05) is 44.8 Å². The molecule has 0 aromatic carbocycles. The molecule has 1 unspecified atom stereocenters. The van der Waals surface area contributed by atoms with Crippen molar-refractivity contribution in [3.05, 3.63) is 0 Å². The van der Waals surface area contributed by atoms with Gasteiger partial charge >= 0.3 is 0 Å². The Labute approximate surface area is 92.8 Å². The molecular weight excluding hydrogens is 186 g/mol. The first-order valence-electron chi connectivity index (χ1n) is 6.62. The van der Waals surface area contributed by atoms with E-state index in [1.54, 1.807) is 0 Å². The summed E-state index contributed by atoms with van der Waals surface area (Å²) in [6.45, 7) is 7.72. The lowest BCUT2D eigenvalue weighted by atomic mass is 10.1. The van der Waals surface area contributed by atoms with Crippen molar-refractivity contribution in [2.24, 2.45) is 0 Å². The molecule has 2 saturated heterocycles. The summed E-state index contributed by atoms with van der Waals surface area (Å²) in [7, 11) is 0. The van der Waals surface area contributed by atoms with Gasteiger partial charge in [-0.2, -0.15) is 0 Å². The van der Waals surface area contributed by atoms with E-state index in [-0.39, 0.29) is 0 Å². The van der Waals surface area contributed by atoms with E-state index >= 15 is 0 Å². The molecule has 0 bridgehead atoms. The molecule has 0 spiro atoms. The number of piperazine rings is 1. The Morgan fingerprint density at radius 1 is 0.800 bits per heavy atom. The predicted octanol–water partition coefficient (Wildman–Crippen LogP) is 0.518. The summed E-state index contributed by atoms with van der Waals surface area (Å²) in [5.74, 6) is 0. The highest BCUT2D eigenvalue weighted by Gasteiger charge is 2.32. The van der Waals surface area contributed by atoms with E-state index in [4.69, 9.17) is 0 Å². The smallest absolute Gasteiger partial charge is 0.0222 e. The van der Waals surface area contributed by atoms with Crippen LogP contribution in [0.15, 0.2) is 0 Å². The van der Waals surface area contributed by atoms with E-state index in [0.29, 0.717) is 0 Å². The molecule has 3 fully saturated rings. The van der Waals surface area contributed by atoms with E-state index in [1.165, 1.54) is 65.0 Å². The van der Waals surface area contributed by atoms with Crippen LogP contribution in [0.25, 0.3) is 0 Å². The van der Waals surface area contributed by atoms with Crippen molar-refractivity contribution in [2.45, 2.75) is 37.8 Å². The molecule has 3 heteroatoms. The van der Waals surface area contributed by atoms with Crippen LogP contribution in [0.2, 0.25) is 0 Å². The SMILES string of the molecule is C1CNCC(N2CCN(C3CC3)CC2)C1. The van der Waals surface area contributed by atoms with Gasteiger partial charge in [0.25, 0.3) is 0 Å². The Bertz CT molecular complexity index is 201. The van der Waals surface area contributed by atoms with Gasteiger partial charge in [-0.05, 0) is 32.2 Å². The van der Waals surface area contributed by atoms with Crippen LogP contribution < -0.4 is 5.32 Å². The highest BCUT2D eigenvalue weighted by Crippen LogP contribution is 2.28. The van der Waals surface area contributed by atoms with Crippen molar-refractivity contribution in [3.8, 4) is 0 Å². The highest BCUT2D eigenvalue weighted by atomic mass is 15.3. The molecule has 1 aliphatic carbocycles. The molecule has 15 heavy (non-hydrogen) atoms. The minimum Gasteiger partial charge on any atom is -0.315 e. The fourth-order valence-corrected chi connectivity index (χ4v) is 3.05. The predicted molar refractivity (Wildman–Crippen MR) is 62.1 cm³/mol. The first-order chi connectivity index (χ1) is 7.43. The lowest BCUT2D eigenvalue weighted by Gasteiger charge is -2.41. The van der Waals surface area contributed by atoms with Gasteiger partial charge in [-0.1, -0.05) is 0 Å². The second kappa shape index (κ2) is 4.40. The van der Waals surface area contributed by atoms with Crippen LogP contribution in [0.3, 0.4) is 0 Å². The van der Waals surface area contributed by atoms with Crippen LogP contribution in [0, 0.1) is 0 Å². The minimum atomic E-state index is 0.833. The summed E-state index contributed by atoms with van der Waals surface area (Å²) in [4.78, 5) is 5.41. The quantitative estimate of drug-likeness (QED) is 0.715. The summed E-state index contributed by atoms with van der Waals surface area (Å²) in [5, 5.41) is 3.52. The minimum absolute atomic E-state index is 0.833. The molecular formula is C12H23N3. The first kappa shape index (κ1) is 10.1. The summed E-state index contributed by atoms with van der Waals surface area (Å²) in [6, 6.07) is 1.80. The van der Waals surface area contributed by atoms with Gasteiger partial charge in [-0.3, -0.25) is 9.80 Å². The monoisotopic (exact) mass is 209 g/mol. The maximum Gasteiger partial charge on any atom is 0.0222 e. The van der Waals surface area contributed by atoms with Crippen molar-refractivity contribution in [1.82, 2.24) is 15.1 Å². The molecule has 0 aromatic heterocycles. The second-order valence-corrected chi connectivity index (χ2v) is 5.30. The van der Waals surface area contributed by atoms with Gasteiger partial charge in [0.05, 0.1) is 0 Å². The molecule has 2 aliphatic heterocycles. The molecule has 3 aliphatic rings. The summed E-state index contributed by atoms with van der Waals surface area (Å²) >= 11 is 0. The number of nitrogens with zero attached hydrogens (tertiary/aromatic N) is 2. The van der Waals surface area contributed by atoms with Crippen LogP contribution in [0.5, 0.6) is 0 Å². The third-order valence-electron chi connectivity index (χ3n) is 4.20. The Morgan fingerprint density at radius 3 is 2.00 bits per heavy atom. The van der Waals surface area contributed by atoms with Crippen molar-refractivity contribution in [2.75, 3.05) is 39.3 Å². The Balaban J connectivity index is 1.47. The largest absolute Gasteiger partial charge is 0.315 e. The van der Waals surface area contributed by atoms with Crippen molar-refractivity contribution in [1.29, 1.82) is 0 Å². The second-order valence-electron chi connectivity index (χ2n) is 5.30. The third kappa shape index (κ3) is 2.35. The number of hydrogen-bond donors (Lipinski definition) is 1. The maximum atomic E-state index is 3.52. The van der Waals surface area contributed by atoms with Crippen molar-refractivity contribution < 1.29 is 0 Å². The zero-order valence-corrected chi connectivity index (χ0v) is 9.62. The third-order valence-corrected chi connectivity index (χ3v) is 4.20. The lowest BCUT2D eigenvalue weighted by Crippen LogP contribution is -2.54. The van der Waals surface area contributed by atoms with Gasteiger partial charge < -0.3 is 5.32 Å². The van der Waals surface area contributed by atoms with E-state index in [9.17, 15) is 0 Å². The number of nitrogens with one attached hydrogen (secondary N) is 1. The normalized spacial score (nSPS) is 35.6. The summed E-state index contributed by atoms with van der Waals surface area (Å²) in [6.07, 6.45) is 5.71. The molecule has 3 nitrogen and oxygen atoms in total. The van der Waals surface area contributed by atoms with Gasteiger partial charge in [0.15, 0.2) is 0 Å². The molecule has 2 heterocycles. The molecule has 1 saturated carbocycles. The average Bonchev–Trinajstić information content (AvgIpc) is 3.15. The Hall–Kier alpha value is -0.120. The van der Waals surface area contributed by atoms with Gasteiger partial charge in [-0.25, -0.2) is 0 Å². The topological polar surface area (TPSA) is 18.5 Å². The van der Waals surface area contributed by atoms with E-state index in [0.717, 1.165) is 12.1 Å². The van der Waals surface area contributed by atoms with Crippen molar-refractivity contribution in [3.63, 3.8) is 0 Å². The molecule has 1 N–H and O–H groups in total. The van der Waals surface area contributed by atoms with Crippen molar-refractivity contribution >= 4 is 0 Å². The van der Waals surface area contributed by atoms with Crippen LogP contribution in [0.4, 0.5) is 0 Å². The average molecular weight is 209 g/mol. The fourth-order valence-electron chi connectivity index (χ4n) is 3.05. The van der Waals surface area contributed by atoms with Crippen LogP contribution in [0.1, 0.15) is 25.7 Å². The molecule has 0 aromatic rings. The molecule has 1 atom stereocenters. The van der Waals surface area contributed by atoms with Crippen LogP contribution in [-0.4, -0.2) is 61.2 Å². The van der Waals surface area contributed by atoms with Crippen LogP contribution in [-0.2, 0) is 0 Å². The molecule has 86 valence electrons. The lowest BCUT2D eigenvalue weighted by molar-refractivity contribution is 0.0804. The molecule has 3 rings (SSSR count). The number of rotatable bonds is 2. The highest BCUT2D eigenvalue weighted by molar-refractivity contribution is 4.89. The van der Waals surface area contributed by atoms with Gasteiger partial charge in [0.1, 0.15) is 0 Å². The first-order valence-corrected chi connectivity index (χ1v) is 6.62. The van der Waals surface area contributed by atoms with E-state index in [1.807, 2.05) is 0 Å². The molecule has 0 radical (unpaired) electrons. The van der Waals surface area contributed by atoms with E-state index < -0.39 is 0 Å². The molecule has 0 amide bonds. The summed E-state index contributed by atoms with van der Waals surface area (Å²) < 4.78 is 0. The Morgan fingerprint density at radius 2 is 1.47 bits per heavy atom. The number of piperidine rings is 1. The standard InChI is InChI=1S/C12H23N3/c1-2-12(10-13-5-1)15-8-6-14(7-9-15)11-3-4-11/h11-13H,1-10H2. The van der Waals surface area contributed by atoms with Gasteiger partial charge in [0.2, 0.25) is 0 Å². The zero-order chi connectivity index (χ0) is 10.1. The number of hydrogen-bond acceptors (Lipinski definition) is 3. The maximum absolute atomic E-state index is 3.52. The zero-order valence-electron chi connectivity index (χ0n) is 9.62. The van der Waals surface area contributed by atoms with Gasteiger partial charge in [-0.15, -0.1) is 0 Å². The Kier molecular flexibility index (Phi) is 2.95. The van der Waals surface area contributed by atoms with Crippen LogP contribution >= 0.6 is 0 Å². The fraction of sp³-hybridized carbons (Fsp3) is 1.00.